The third-order valence-corrected chi connectivity index (χ3v) is 5.49. The molecule has 0 aromatic rings. The van der Waals surface area contributed by atoms with Gasteiger partial charge in [0.2, 0.25) is 0 Å². The second-order valence-corrected chi connectivity index (χ2v) is 10.1. The number of hydrogen-bond donors (Lipinski definition) is 2. The third kappa shape index (κ3) is 5.34. The van der Waals surface area contributed by atoms with Gasteiger partial charge < -0.3 is 14.5 Å². The van der Waals surface area contributed by atoms with Gasteiger partial charge in [-0.2, -0.15) is 0 Å². The first-order valence-corrected chi connectivity index (χ1v) is 9.58. The quantitative estimate of drug-likeness (QED) is 0.755. The van der Waals surface area contributed by atoms with Crippen molar-refractivity contribution in [1.29, 1.82) is 0 Å². The highest BCUT2D eigenvalue weighted by Gasteiger charge is 2.40. The van der Waals surface area contributed by atoms with Crippen molar-refractivity contribution in [3.05, 3.63) is 23.3 Å². The zero-order valence-electron chi connectivity index (χ0n) is 14.9. The Bertz CT molecular complexity index is 520. The summed E-state index contributed by atoms with van der Waals surface area (Å²) in [5, 5.41) is 11.0. The van der Waals surface area contributed by atoms with E-state index in [0.717, 1.165) is 11.1 Å². The molecule has 0 bridgehead atoms. The van der Waals surface area contributed by atoms with Crippen molar-refractivity contribution in [3.63, 3.8) is 0 Å². The summed E-state index contributed by atoms with van der Waals surface area (Å²) in [5.74, 6) is 0. The second-order valence-electron chi connectivity index (χ2n) is 8.26. The SMILES string of the molecule is CCOP(=O)(O)CC1(O)C=C(C(C)(C)C)C=C(C(C)(C)C)C1. The van der Waals surface area contributed by atoms with Crippen LogP contribution in [0.15, 0.2) is 23.3 Å². The molecule has 0 saturated heterocycles. The van der Waals surface area contributed by atoms with Crippen molar-refractivity contribution < 1.29 is 19.1 Å². The molecule has 0 spiro atoms. The van der Waals surface area contributed by atoms with Crippen molar-refractivity contribution >= 4 is 7.60 Å². The van der Waals surface area contributed by atoms with Gasteiger partial charge in [-0.25, -0.2) is 0 Å². The van der Waals surface area contributed by atoms with E-state index >= 15 is 0 Å². The molecule has 0 aromatic carbocycles. The molecule has 4 nitrogen and oxygen atoms in total. The zero-order chi connectivity index (χ0) is 17.4. The molecule has 5 heteroatoms. The summed E-state index contributed by atoms with van der Waals surface area (Å²) in [5.41, 5.74) is 0.473. The molecule has 1 rings (SSSR count). The monoisotopic (exact) mass is 330 g/mol. The largest absolute Gasteiger partial charge is 0.385 e. The molecule has 0 radical (unpaired) electrons. The molecule has 1 aliphatic rings. The Morgan fingerprint density at radius 3 is 2.18 bits per heavy atom. The van der Waals surface area contributed by atoms with Crippen LogP contribution in [0, 0.1) is 10.8 Å². The van der Waals surface area contributed by atoms with Crippen LogP contribution in [0.3, 0.4) is 0 Å². The first-order chi connectivity index (χ1) is 9.69. The van der Waals surface area contributed by atoms with Crippen molar-refractivity contribution in [2.24, 2.45) is 10.8 Å². The molecule has 0 fully saturated rings. The maximum absolute atomic E-state index is 12.1. The highest BCUT2D eigenvalue weighted by molar-refractivity contribution is 7.52. The number of allylic oxidation sites excluding steroid dienone is 2. The minimum atomic E-state index is -3.81. The number of aliphatic hydroxyl groups is 1. The fraction of sp³-hybridized carbons (Fsp3) is 0.765. The third-order valence-electron chi connectivity index (χ3n) is 3.88. The van der Waals surface area contributed by atoms with Crippen LogP contribution in [0.5, 0.6) is 0 Å². The van der Waals surface area contributed by atoms with E-state index in [-0.39, 0.29) is 23.6 Å². The van der Waals surface area contributed by atoms with Gasteiger partial charge in [0.1, 0.15) is 0 Å². The van der Waals surface area contributed by atoms with Gasteiger partial charge in [0.15, 0.2) is 0 Å². The van der Waals surface area contributed by atoms with Gasteiger partial charge in [-0.05, 0) is 29.4 Å². The molecule has 1 aliphatic carbocycles. The van der Waals surface area contributed by atoms with Gasteiger partial charge in [-0.1, -0.05) is 53.2 Å². The van der Waals surface area contributed by atoms with Gasteiger partial charge in [-0.3, -0.25) is 4.57 Å². The van der Waals surface area contributed by atoms with Crippen LogP contribution in [0.2, 0.25) is 0 Å². The van der Waals surface area contributed by atoms with E-state index in [1.807, 2.05) is 0 Å². The molecular formula is C17H31O4P. The molecule has 22 heavy (non-hydrogen) atoms. The van der Waals surface area contributed by atoms with Crippen molar-refractivity contribution in [2.45, 2.75) is 60.5 Å². The molecule has 128 valence electrons. The number of hydrogen-bond acceptors (Lipinski definition) is 3. The summed E-state index contributed by atoms with van der Waals surface area (Å²) in [4.78, 5) is 9.93. The van der Waals surface area contributed by atoms with E-state index in [0.29, 0.717) is 6.42 Å². The van der Waals surface area contributed by atoms with Gasteiger partial charge in [-0.15, -0.1) is 0 Å². The van der Waals surface area contributed by atoms with E-state index < -0.39 is 13.2 Å². The Balaban J connectivity index is 3.24. The van der Waals surface area contributed by atoms with Crippen molar-refractivity contribution in [2.75, 3.05) is 12.8 Å². The fourth-order valence-corrected chi connectivity index (χ4v) is 3.95. The lowest BCUT2D eigenvalue weighted by molar-refractivity contribution is 0.0967. The van der Waals surface area contributed by atoms with E-state index in [4.69, 9.17) is 4.52 Å². The Hall–Kier alpha value is -0.410. The summed E-state index contributed by atoms with van der Waals surface area (Å²) in [7, 11) is -3.81. The van der Waals surface area contributed by atoms with Gasteiger partial charge in [0, 0.05) is 6.42 Å². The average molecular weight is 330 g/mol. The lowest BCUT2D eigenvalue weighted by atomic mass is 9.71. The van der Waals surface area contributed by atoms with Crippen molar-refractivity contribution in [3.8, 4) is 0 Å². The fourth-order valence-electron chi connectivity index (χ4n) is 2.56. The topological polar surface area (TPSA) is 66.8 Å². The summed E-state index contributed by atoms with van der Waals surface area (Å²) in [6, 6.07) is 0. The first kappa shape index (κ1) is 19.6. The zero-order valence-corrected chi connectivity index (χ0v) is 15.8. The lowest BCUT2D eigenvalue weighted by Gasteiger charge is -2.38. The van der Waals surface area contributed by atoms with E-state index in [2.05, 4.69) is 47.6 Å². The molecule has 0 amide bonds. The minimum Gasteiger partial charge on any atom is -0.385 e. The Kier molecular flexibility index (Phi) is 5.57. The minimum absolute atomic E-state index is 0.107. The summed E-state index contributed by atoms with van der Waals surface area (Å²) in [6.07, 6.45) is 3.94. The van der Waals surface area contributed by atoms with Crippen LogP contribution in [0.1, 0.15) is 54.9 Å². The molecule has 0 aliphatic heterocycles. The maximum atomic E-state index is 12.1. The number of rotatable bonds is 4. The molecular weight excluding hydrogens is 299 g/mol. The standard InChI is InChI=1S/C17H31O4P/c1-8-21-22(19,20)12-17(18)10-13(15(2,3)4)9-14(11-17)16(5,6)7/h9-10,18H,8,11-12H2,1-7H3,(H,19,20). The molecule has 2 unspecified atom stereocenters. The predicted molar refractivity (Wildman–Crippen MR) is 91.0 cm³/mol. The lowest BCUT2D eigenvalue weighted by Crippen LogP contribution is -2.37. The highest BCUT2D eigenvalue weighted by atomic mass is 31.2. The van der Waals surface area contributed by atoms with E-state index in [1.165, 1.54) is 0 Å². The maximum Gasteiger partial charge on any atom is 0.331 e. The van der Waals surface area contributed by atoms with Crippen molar-refractivity contribution in [1.82, 2.24) is 0 Å². The normalized spacial score (nSPS) is 26.2. The highest BCUT2D eigenvalue weighted by Crippen LogP contribution is 2.50. The van der Waals surface area contributed by atoms with Crippen LogP contribution < -0.4 is 0 Å². The Morgan fingerprint density at radius 2 is 1.77 bits per heavy atom. The molecule has 0 saturated carbocycles. The summed E-state index contributed by atoms with van der Waals surface area (Å²) in [6.45, 7) is 14.3. The van der Waals surface area contributed by atoms with E-state index in [9.17, 15) is 14.6 Å². The van der Waals surface area contributed by atoms with Crippen LogP contribution >= 0.6 is 7.60 Å². The van der Waals surface area contributed by atoms with Crippen LogP contribution in [-0.4, -0.2) is 28.4 Å². The summed E-state index contributed by atoms with van der Waals surface area (Å²) < 4.78 is 17.1. The van der Waals surface area contributed by atoms with Crippen LogP contribution in [-0.2, 0) is 9.09 Å². The van der Waals surface area contributed by atoms with E-state index in [1.54, 1.807) is 13.0 Å². The second kappa shape index (κ2) is 6.24. The first-order valence-electron chi connectivity index (χ1n) is 7.82. The van der Waals surface area contributed by atoms with Crippen LogP contribution in [0.25, 0.3) is 0 Å². The predicted octanol–water partition coefficient (Wildman–Crippen LogP) is 4.29. The molecule has 2 N–H and O–H groups in total. The smallest absolute Gasteiger partial charge is 0.331 e. The molecule has 0 heterocycles. The Labute approximate surface area is 134 Å². The molecule has 0 aromatic heterocycles. The molecule has 2 atom stereocenters. The van der Waals surface area contributed by atoms with Crippen LogP contribution in [0.4, 0.5) is 0 Å². The van der Waals surface area contributed by atoms with Gasteiger partial charge in [0.05, 0.1) is 18.4 Å². The van der Waals surface area contributed by atoms with Gasteiger partial charge in [0.25, 0.3) is 0 Å². The summed E-state index contributed by atoms with van der Waals surface area (Å²) >= 11 is 0. The average Bonchev–Trinajstić information content (AvgIpc) is 2.23. The van der Waals surface area contributed by atoms with Gasteiger partial charge >= 0.3 is 7.60 Å². The Morgan fingerprint density at radius 1 is 1.23 bits per heavy atom.